The van der Waals surface area contributed by atoms with E-state index in [-0.39, 0.29) is 0 Å². The first-order valence-electron chi connectivity index (χ1n) is 20.1. The quantitative estimate of drug-likeness (QED) is 0.101. The average molecular weight is 779 g/mol. The molecule has 0 fully saturated rings. The minimum Gasteiger partial charge on any atom is -0.311 e. The maximum atomic E-state index is 2.45. The second-order valence-corrected chi connectivity index (χ2v) is 19.7. The van der Waals surface area contributed by atoms with Crippen LogP contribution in [0.5, 0.6) is 0 Å². The number of anilines is 6. The van der Waals surface area contributed by atoms with E-state index in [0.29, 0.717) is 0 Å². The third kappa shape index (κ3) is 6.47. The highest BCUT2D eigenvalue weighted by atomic mass is 32.1. The minimum atomic E-state index is -2.89. The third-order valence-corrected chi connectivity index (χ3v) is 17.4. The van der Waals surface area contributed by atoms with Crippen molar-refractivity contribution < 1.29 is 0 Å². The lowest BCUT2D eigenvalue weighted by molar-refractivity contribution is 1.01. The SMILES string of the molecule is C1=Cc2sc3ccc(N(c4ccccc4)c4ccc([Si](c5ccccc5)(c5ccccc5)c5cccc(N(c6ccccc6)c6ccccc6)c5)cc4)cc3c2CC1. The summed E-state index contributed by atoms with van der Waals surface area (Å²) in [5.41, 5.74) is 8.31. The predicted octanol–water partition coefficient (Wildman–Crippen LogP) is 12.2. The van der Waals surface area contributed by atoms with Gasteiger partial charge in [-0.25, -0.2) is 0 Å². The number of aryl methyl sites for hydroxylation is 1. The molecule has 58 heavy (non-hydrogen) atoms. The van der Waals surface area contributed by atoms with Crippen LogP contribution in [0.1, 0.15) is 16.9 Å². The van der Waals surface area contributed by atoms with E-state index in [0.717, 1.165) is 41.3 Å². The molecule has 1 aliphatic rings. The molecule has 1 aromatic heterocycles. The van der Waals surface area contributed by atoms with Gasteiger partial charge in [0.05, 0.1) is 0 Å². The van der Waals surface area contributed by atoms with Crippen LogP contribution in [0, 0.1) is 0 Å². The Bertz CT molecular complexity index is 2740. The molecule has 10 rings (SSSR count). The highest BCUT2D eigenvalue weighted by Crippen LogP contribution is 2.41. The van der Waals surface area contributed by atoms with Crippen molar-refractivity contribution in [3.8, 4) is 0 Å². The Balaban J connectivity index is 1.16. The van der Waals surface area contributed by atoms with Gasteiger partial charge in [-0.3, -0.25) is 0 Å². The number of thiophene rings is 1. The van der Waals surface area contributed by atoms with E-state index in [4.69, 9.17) is 0 Å². The first kappa shape index (κ1) is 35.7. The predicted molar refractivity (Wildman–Crippen MR) is 252 cm³/mol. The summed E-state index contributed by atoms with van der Waals surface area (Å²) in [5.74, 6) is 0. The smallest absolute Gasteiger partial charge is 0.179 e. The Hall–Kier alpha value is -6.72. The van der Waals surface area contributed by atoms with Crippen molar-refractivity contribution >= 4 is 90.4 Å². The molecule has 0 unspecified atom stereocenters. The zero-order chi connectivity index (χ0) is 38.7. The number of rotatable bonds is 10. The van der Waals surface area contributed by atoms with Gasteiger partial charge in [0, 0.05) is 43.7 Å². The highest BCUT2D eigenvalue weighted by Gasteiger charge is 2.42. The van der Waals surface area contributed by atoms with Gasteiger partial charge < -0.3 is 9.80 Å². The lowest BCUT2D eigenvalue weighted by Gasteiger charge is -2.36. The van der Waals surface area contributed by atoms with Crippen LogP contribution in [-0.2, 0) is 6.42 Å². The van der Waals surface area contributed by atoms with E-state index < -0.39 is 8.07 Å². The van der Waals surface area contributed by atoms with Crippen LogP contribution in [0.25, 0.3) is 16.2 Å². The summed E-state index contributed by atoms with van der Waals surface area (Å²) in [6.07, 6.45) is 6.81. The van der Waals surface area contributed by atoms with Crippen molar-refractivity contribution in [1.82, 2.24) is 0 Å². The van der Waals surface area contributed by atoms with Crippen molar-refractivity contribution in [2.75, 3.05) is 9.80 Å². The van der Waals surface area contributed by atoms with Crippen LogP contribution in [0.2, 0.25) is 0 Å². The first-order valence-corrected chi connectivity index (χ1v) is 22.9. The fourth-order valence-electron chi connectivity index (χ4n) is 8.85. The lowest BCUT2D eigenvalue weighted by Crippen LogP contribution is -2.74. The number of nitrogens with zero attached hydrogens (tertiary/aromatic N) is 2. The van der Waals surface area contributed by atoms with E-state index >= 15 is 0 Å². The fourth-order valence-corrected chi connectivity index (χ4v) is 14.8. The van der Waals surface area contributed by atoms with E-state index in [1.54, 1.807) is 0 Å². The summed E-state index contributed by atoms with van der Waals surface area (Å²) in [5, 5.41) is 6.73. The minimum absolute atomic E-state index is 1.09. The standard InChI is InChI=1S/C54H42N2SSi/c1-6-19-41(20-7-1)55(42-21-8-2-9-22-42)45-25-18-30-50(39-45)58(47-26-12-4-13-27-47,48-28-14-5-15-29-48)49-36-33-44(34-37-49)56(43-23-10-3-11-24-43)46-35-38-54-52(40-46)51-31-16-17-32-53(51)57-54/h1-15,17-30,32-40H,16,31H2. The van der Waals surface area contributed by atoms with Crippen molar-refractivity contribution in [2.45, 2.75) is 12.8 Å². The van der Waals surface area contributed by atoms with Crippen molar-refractivity contribution in [3.63, 3.8) is 0 Å². The molecule has 0 atom stereocenters. The number of hydrogen-bond acceptors (Lipinski definition) is 3. The van der Waals surface area contributed by atoms with Gasteiger partial charge in [-0.05, 0) is 129 Å². The Kier molecular flexibility index (Phi) is 9.64. The van der Waals surface area contributed by atoms with Gasteiger partial charge in [-0.15, -0.1) is 11.3 Å². The normalized spacial score (nSPS) is 12.3. The molecule has 278 valence electrons. The molecule has 0 amide bonds. The Morgan fingerprint density at radius 1 is 0.379 bits per heavy atom. The number of hydrogen-bond donors (Lipinski definition) is 0. The van der Waals surface area contributed by atoms with E-state index in [1.165, 1.54) is 47.0 Å². The molecule has 0 saturated heterocycles. The van der Waals surface area contributed by atoms with E-state index in [9.17, 15) is 0 Å². The Morgan fingerprint density at radius 2 is 0.810 bits per heavy atom. The molecule has 0 saturated carbocycles. The van der Waals surface area contributed by atoms with Gasteiger partial charge >= 0.3 is 0 Å². The zero-order valence-corrected chi connectivity index (χ0v) is 34.0. The molecule has 0 aliphatic heterocycles. The van der Waals surface area contributed by atoms with E-state index in [2.05, 4.69) is 240 Å². The van der Waals surface area contributed by atoms with Gasteiger partial charge in [-0.1, -0.05) is 146 Å². The Labute approximate surface area is 346 Å². The second kappa shape index (κ2) is 15.7. The van der Waals surface area contributed by atoms with Gasteiger partial charge in [0.25, 0.3) is 0 Å². The van der Waals surface area contributed by atoms with Gasteiger partial charge in [0.2, 0.25) is 0 Å². The molecule has 2 nitrogen and oxygen atoms in total. The van der Waals surface area contributed by atoms with Crippen LogP contribution in [-0.4, -0.2) is 8.07 Å². The maximum absolute atomic E-state index is 2.89. The molecule has 8 aromatic carbocycles. The van der Waals surface area contributed by atoms with Crippen LogP contribution in [0.3, 0.4) is 0 Å². The van der Waals surface area contributed by atoms with Gasteiger partial charge in [0.15, 0.2) is 8.07 Å². The molecule has 0 bridgehead atoms. The van der Waals surface area contributed by atoms with Crippen LogP contribution in [0.15, 0.2) is 224 Å². The summed E-state index contributed by atoms with van der Waals surface area (Å²) in [7, 11) is -2.89. The molecule has 4 heteroatoms. The van der Waals surface area contributed by atoms with Crippen molar-refractivity contribution in [3.05, 3.63) is 235 Å². The molecule has 0 radical (unpaired) electrons. The average Bonchev–Trinajstić information content (AvgIpc) is 3.68. The molecular weight excluding hydrogens is 737 g/mol. The topological polar surface area (TPSA) is 6.48 Å². The number of benzene rings is 8. The van der Waals surface area contributed by atoms with E-state index in [1.807, 2.05) is 11.3 Å². The summed E-state index contributed by atoms with van der Waals surface area (Å²) in [6, 6.07) is 80.5. The number of fused-ring (bicyclic) bond motifs is 3. The summed E-state index contributed by atoms with van der Waals surface area (Å²) >= 11 is 1.91. The number of para-hydroxylation sites is 3. The molecular formula is C54H42N2SSi. The summed E-state index contributed by atoms with van der Waals surface area (Å²) in [6.45, 7) is 0. The van der Waals surface area contributed by atoms with Crippen LogP contribution < -0.4 is 30.5 Å². The van der Waals surface area contributed by atoms with Crippen molar-refractivity contribution in [1.29, 1.82) is 0 Å². The fraction of sp³-hybridized carbons (Fsp3) is 0.0370. The largest absolute Gasteiger partial charge is 0.311 e. The number of allylic oxidation sites excluding steroid dienone is 1. The highest BCUT2D eigenvalue weighted by molar-refractivity contribution is 7.20. The van der Waals surface area contributed by atoms with Gasteiger partial charge in [-0.2, -0.15) is 0 Å². The van der Waals surface area contributed by atoms with Crippen LogP contribution >= 0.6 is 11.3 Å². The zero-order valence-electron chi connectivity index (χ0n) is 32.2. The summed E-state index contributed by atoms with van der Waals surface area (Å²) in [4.78, 5) is 6.19. The monoisotopic (exact) mass is 778 g/mol. The Morgan fingerprint density at radius 3 is 1.36 bits per heavy atom. The molecule has 1 heterocycles. The van der Waals surface area contributed by atoms with Crippen LogP contribution in [0.4, 0.5) is 34.1 Å². The van der Waals surface area contributed by atoms with Gasteiger partial charge in [0.1, 0.15) is 0 Å². The van der Waals surface area contributed by atoms with Crippen molar-refractivity contribution in [2.24, 2.45) is 0 Å². The molecule has 1 aliphatic carbocycles. The molecule has 0 N–H and O–H groups in total. The maximum Gasteiger partial charge on any atom is 0.179 e. The lowest BCUT2D eigenvalue weighted by atomic mass is 10.0. The molecule has 0 spiro atoms. The second-order valence-electron chi connectivity index (χ2n) is 14.8. The first-order chi connectivity index (χ1) is 28.8. The molecule has 9 aromatic rings. The summed E-state index contributed by atoms with van der Waals surface area (Å²) < 4.78 is 1.35. The third-order valence-electron chi connectivity index (χ3n) is 11.4.